The topological polar surface area (TPSA) is 52.3 Å². The predicted octanol–water partition coefficient (Wildman–Crippen LogP) is 4.65. The average molecular weight is 365 g/mol. The van der Waals surface area contributed by atoms with Crippen LogP contribution >= 0.6 is 0 Å². The zero-order valence-electron chi connectivity index (χ0n) is 14.6. The van der Waals surface area contributed by atoms with Gasteiger partial charge in [-0.3, -0.25) is 0 Å². The van der Waals surface area contributed by atoms with Gasteiger partial charge in [0.1, 0.15) is 6.61 Å². The molecule has 0 spiro atoms. The van der Waals surface area contributed by atoms with Crippen molar-refractivity contribution < 1.29 is 22.7 Å². The van der Waals surface area contributed by atoms with Crippen LogP contribution in [-0.2, 0) is 23.9 Å². The van der Waals surface area contributed by atoms with Crippen LogP contribution < -0.4 is 5.73 Å². The van der Waals surface area contributed by atoms with Gasteiger partial charge in [-0.25, -0.2) is 4.79 Å². The summed E-state index contributed by atoms with van der Waals surface area (Å²) in [4.78, 5) is 12.4. The van der Waals surface area contributed by atoms with Gasteiger partial charge in [0, 0.05) is 0 Å². The number of rotatable bonds is 7. The van der Waals surface area contributed by atoms with Crippen molar-refractivity contribution in [2.45, 2.75) is 39.0 Å². The Morgan fingerprint density at radius 3 is 2.38 bits per heavy atom. The summed E-state index contributed by atoms with van der Waals surface area (Å²) in [6.07, 6.45) is -2.72. The lowest BCUT2D eigenvalue weighted by atomic mass is 9.95. The van der Waals surface area contributed by atoms with Gasteiger partial charge in [-0.1, -0.05) is 30.3 Å². The second-order valence-corrected chi connectivity index (χ2v) is 6.12. The van der Waals surface area contributed by atoms with Gasteiger partial charge < -0.3 is 10.5 Å². The zero-order valence-corrected chi connectivity index (χ0v) is 14.6. The molecule has 0 bridgehead atoms. The van der Waals surface area contributed by atoms with Crippen molar-refractivity contribution in [3.05, 3.63) is 70.3 Å². The highest BCUT2D eigenvalue weighted by atomic mass is 19.4. The molecular weight excluding hydrogens is 343 g/mol. The van der Waals surface area contributed by atoms with E-state index in [0.717, 1.165) is 11.6 Å². The summed E-state index contributed by atoms with van der Waals surface area (Å²) in [6.45, 7) is 1.79. The molecule has 0 saturated heterocycles. The molecule has 0 aliphatic rings. The van der Waals surface area contributed by atoms with Gasteiger partial charge in [-0.2, -0.15) is 13.2 Å². The number of alkyl halides is 3. The maximum Gasteiger partial charge on any atom is 0.416 e. The molecule has 0 unspecified atom stereocenters. The van der Waals surface area contributed by atoms with E-state index in [1.165, 1.54) is 13.0 Å². The molecule has 0 heterocycles. The highest BCUT2D eigenvalue weighted by Gasteiger charge is 2.34. The fourth-order valence-corrected chi connectivity index (χ4v) is 2.70. The monoisotopic (exact) mass is 365 g/mol. The van der Waals surface area contributed by atoms with Crippen LogP contribution in [0.5, 0.6) is 0 Å². The van der Waals surface area contributed by atoms with Crippen LogP contribution in [0, 0.1) is 6.92 Å². The van der Waals surface area contributed by atoms with E-state index in [1.54, 1.807) is 24.3 Å². The molecule has 0 aromatic heterocycles. The first-order valence-electron chi connectivity index (χ1n) is 8.44. The Bertz CT molecular complexity index is 743. The summed E-state index contributed by atoms with van der Waals surface area (Å²) >= 11 is 0. The standard InChI is InChI=1S/C20H22F3NO2/c1-14-17(19(25)26-13-15-7-3-2-4-8-15)11-16(9-5-6-10-24)12-18(14)20(21,22)23/h2-4,7-8,11-12H,5-6,9-10,13,24H2,1H3. The van der Waals surface area contributed by atoms with Crippen LogP contribution in [0.3, 0.4) is 0 Å². The van der Waals surface area contributed by atoms with Crippen LogP contribution in [0.1, 0.15) is 45.5 Å². The Balaban J connectivity index is 2.26. The molecule has 2 N–H and O–H groups in total. The quantitative estimate of drug-likeness (QED) is 0.574. The first-order valence-corrected chi connectivity index (χ1v) is 8.44. The lowest BCUT2D eigenvalue weighted by molar-refractivity contribution is -0.138. The number of unbranched alkanes of at least 4 members (excludes halogenated alkanes) is 1. The third-order valence-corrected chi connectivity index (χ3v) is 4.13. The summed E-state index contributed by atoms with van der Waals surface area (Å²) in [6, 6.07) is 11.6. The van der Waals surface area contributed by atoms with E-state index in [2.05, 4.69) is 0 Å². The Labute approximate surface area is 151 Å². The van der Waals surface area contributed by atoms with Crippen LogP contribution in [0.2, 0.25) is 0 Å². The number of carbonyl (C=O) groups excluding carboxylic acids is 1. The number of carbonyl (C=O) groups is 1. The molecule has 2 aromatic carbocycles. The highest BCUT2D eigenvalue weighted by Crippen LogP contribution is 2.34. The number of hydrogen-bond donors (Lipinski definition) is 1. The molecule has 0 aliphatic heterocycles. The first-order chi connectivity index (χ1) is 12.3. The van der Waals surface area contributed by atoms with E-state index in [-0.39, 0.29) is 17.7 Å². The summed E-state index contributed by atoms with van der Waals surface area (Å²) in [5.74, 6) is -0.752. The fourth-order valence-electron chi connectivity index (χ4n) is 2.70. The van der Waals surface area contributed by atoms with Crippen LogP contribution in [-0.4, -0.2) is 12.5 Å². The van der Waals surface area contributed by atoms with Crippen LogP contribution in [0.25, 0.3) is 0 Å². The Hall–Kier alpha value is -2.34. The molecular formula is C20H22F3NO2. The number of hydrogen-bond acceptors (Lipinski definition) is 3. The fraction of sp³-hybridized carbons (Fsp3) is 0.350. The molecule has 0 aliphatic carbocycles. The third kappa shape index (κ3) is 5.33. The average Bonchev–Trinajstić information content (AvgIpc) is 2.61. The molecule has 0 fully saturated rings. The number of aryl methyl sites for hydroxylation is 1. The summed E-state index contributed by atoms with van der Waals surface area (Å²) in [7, 11) is 0. The Kier molecular flexibility index (Phi) is 6.80. The predicted molar refractivity (Wildman–Crippen MR) is 93.7 cm³/mol. The minimum atomic E-state index is -4.53. The number of nitrogens with two attached hydrogens (primary N) is 1. The molecule has 0 atom stereocenters. The van der Waals surface area contributed by atoms with Gasteiger partial charge in [0.2, 0.25) is 0 Å². The first kappa shape index (κ1) is 20.0. The van der Waals surface area contributed by atoms with Crippen molar-refractivity contribution in [2.24, 2.45) is 5.73 Å². The number of esters is 1. The molecule has 0 amide bonds. The van der Waals surface area contributed by atoms with E-state index in [0.29, 0.717) is 31.4 Å². The van der Waals surface area contributed by atoms with E-state index >= 15 is 0 Å². The van der Waals surface area contributed by atoms with Crippen molar-refractivity contribution in [3.8, 4) is 0 Å². The Morgan fingerprint density at radius 2 is 1.77 bits per heavy atom. The molecule has 2 rings (SSSR count). The molecule has 26 heavy (non-hydrogen) atoms. The van der Waals surface area contributed by atoms with Crippen LogP contribution in [0.15, 0.2) is 42.5 Å². The van der Waals surface area contributed by atoms with Crippen molar-refractivity contribution in [1.29, 1.82) is 0 Å². The van der Waals surface area contributed by atoms with Gasteiger partial charge in [-0.05, 0) is 61.6 Å². The van der Waals surface area contributed by atoms with Gasteiger partial charge >= 0.3 is 12.1 Å². The van der Waals surface area contributed by atoms with Crippen molar-refractivity contribution in [2.75, 3.05) is 6.54 Å². The van der Waals surface area contributed by atoms with E-state index in [9.17, 15) is 18.0 Å². The second kappa shape index (κ2) is 8.85. The van der Waals surface area contributed by atoms with E-state index in [4.69, 9.17) is 10.5 Å². The Morgan fingerprint density at radius 1 is 1.08 bits per heavy atom. The normalized spacial score (nSPS) is 11.4. The lowest BCUT2D eigenvalue weighted by Crippen LogP contribution is -2.15. The van der Waals surface area contributed by atoms with E-state index in [1.807, 2.05) is 6.07 Å². The molecule has 3 nitrogen and oxygen atoms in total. The van der Waals surface area contributed by atoms with E-state index < -0.39 is 17.7 Å². The maximum atomic E-state index is 13.3. The smallest absolute Gasteiger partial charge is 0.416 e. The van der Waals surface area contributed by atoms with Crippen molar-refractivity contribution in [3.63, 3.8) is 0 Å². The largest absolute Gasteiger partial charge is 0.457 e. The summed E-state index contributed by atoms with van der Waals surface area (Å²) < 4.78 is 45.2. The molecule has 6 heteroatoms. The second-order valence-electron chi connectivity index (χ2n) is 6.12. The third-order valence-electron chi connectivity index (χ3n) is 4.13. The van der Waals surface area contributed by atoms with Crippen LogP contribution in [0.4, 0.5) is 13.2 Å². The SMILES string of the molecule is Cc1c(C(=O)OCc2ccccc2)cc(CCCCN)cc1C(F)(F)F. The van der Waals surface area contributed by atoms with Gasteiger partial charge in [0.15, 0.2) is 0 Å². The maximum absolute atomic E-state index is 13.3. The lowest BCUT2D eigenvalue weighted by Gasteiger charge is -2.16. The zero-order chi connectivity index (χ0) is 19.2. The number of halogens is 3. The summed E-state index contributed by atoms with van der Waals surface area (Å²) in [5, 5.41) is 0. The minimum absolute atomic E-state index is 0.0118. The van der Waals surface area contributed by atoms with Gasteiger partial charge in [0.05, 0.1) is 11.1 Å². The number of ether oxygens (including phenoxy) is 1. The minimum Gasteiger partial charge on any atom is -0.457 e. The molecule has 140 valence electrons. The molecule has 0 saturated carbocycles. The molecule has 0 radical (unpaired) electrons. The van der Waals surface area contributed by atoms with Gasteiger partial charge in [-0.15, -0.1) is 0 Å². The number of benzene rings is 2. The molecule has 2 aromatic rings. The highest BCUT2D eigenvalue weighted by molar-refractivity contribution is 5.91. The van der Waals surface area contributed by atoms with Crippen molar-refractivity contribution >= 4 is 5.97 Å². The van der Waals surface area contributed by atoms with Gasteiger partial charge in [0.25, 0.3) is 0 Å². The summed E-state index contributed by atoms with van der Waals surface area (Å²) in [5.41, 5.74) is 5.72. The van der Waals surface area contributed by atoms with Crippen molar-refractivity contribution in [1.82, 2.24) is 0 Å².